The molecule has 0 unspecified atom stereocenters. The smallest absolute Gasteiger partial charge is 0.352 e. The van der Waals surface area contributed by atoms with E-state index in [0.717, 1.165) is 165 Å². The van der Waals surface area contributed by atoms with Gasteiger partial charge in [-0.25, -0.2) is 4.79 Å². The predicted molar refractivity (Wildman–Crippen MR) is 317 cm³/mol. The molecule has 6 aromatic rings. The molecule has 10 rings (SSSR count). The van der Waals surface area contributed by atoms with Crippen molar-refractivity contribution in [1.82, 2.24) is 29.2 Å². The third-order valence-electron chi connectivity index (χ3n) is 14.7. The number of benzene rings is 4. The van der Waals surface area contributed by atoms with Crippen LogP contribution in [0.2, 0.25) is 20.1 Å². The molecular formula is C56H69Cl4IN10O3. The second-order valence-corrected chi connectivity index (χ2v) is 20.8. The SMILES string of the molecule is Cc1c(CN2CCN(c3ccccc3Cl)CC2)cc(C(=O)N2CCN(c3cccc(Cl)c3)CC2)n1C.Cc1c(CN2CCN(c3ccccc3Cl)CC2)cc(C(=O)O)n1C.Clc1cccc(N2CCNCC2)c1.I. The van der Waals surface area contributed by atoms with Crippen LogP contribution in [0.4, 0.5) is 22.7 Å². The van der Waals surface area contributed by atoms with E-state index in [1.165, 1.54) is 11.3 Å². The third-order valence-corrected chi connectivity index (χ3v) is 15.8. The van der Waals surface area contributed by atoms with Gasteiger partial charge in [0.1, 0.15) is 11.4 Å². The maximum absolute atomic E-state index is 13.4. The maximum Gasteiger partial charge on any atom is 0.352 e. The molecule has 13 nitrogen and oxygen atoms in total. The molecule has 1 amide bonds. The van der Waals surface area contributed by atoms with Crippen LogP contribution in [0.25, 0.3) is 0 Å². The fourth-order valence-corrected chi connectivity index (χ4v) is 10.9. The number of nitrogens with zero attached hydrogens (tertiary/aromatic N) is 9. The van der Waals surface area contributed by atoms with Crippen molar-refractivity contribution in [3.05, 3.63) is 163 Å². The van der Waals surface area contributed by atoms with Gasteiger partial charge in [-0.2, -0.15) is 0 Å². The number of anilines is 4. The van der Waals surface area contributed by atoms with Gasteiger partial charge in [-0.05, 0) is 97.8 Å². The summed E-state index contributed by atoms with van der Waals surface area (Å²) in [5.74, 6) is -0.767. The van der Waals surface area contributed by atoms with E-state index in [2.05, 4.69) is 76.5 Å². The molecule has 4 aliphatic heterocycles. The molecule has 74 heavy (non-hydrogen) atoms. The van der Waals surface area contributed by atoms with Crippen molar-refractivity contribution in [2.24, 2.45) is 14.1 Å². The Morgan fingerprint density at radius 3 is 1.32 bits per heavy atom. The lowest BCUT2D eigenvalue weighted by Crippen LogP contribution is -2.49. The van der Waals surface area contributed by atoms with Crippen LogP contribution in [0.5, 0.6) is 0 Å². The number of carboxylic acids is 1. The second kappa shape index (κ2) is 26.9. The zero-order valence-electron chi connectivity index (χ0n) is 42.8. The number of nitrogens with one attached hydrogen (secondary N) is 1. The summed E-state index contributed by atoms with van der Waals surface area (Å²) >= 11 is 24.8. The average molecular weight is 1200 g/mol. The number of piperazine rings is 4. The molecule has 4 saturated heterocycles. The molecule has 0 bridgehead atoms. The fraction of sp³-hybridized carbons (Fsp3) is 0.393. The molecule has 0 atom stereocenters. The Labute approximate surface area is 474 Å². The first-order chi connectivity index (χ1) is 35.2. The van der Waals surface area contributed by atoms with Crippen molar-refractivity contribution in [3.63, 3.8) is 0 Å². The van der Waals surface area contributed by atoms with E-state index in [4.69, 9.17) is 46.4 Å². The van der Waals surface area contributed by atoms with Crippen LogP contribution < -0.4 is 24.9 Å². The Hall–Kier alpha value is -4.65. The third kappa shape index (κ3) is 14.4. The van der Waals surface area contributed by atoms with Gasteiger partial charge >= 0.3 is 5.97 Å². The first-order valence-corrected chi connectivity index (χ1v) is 26.7. The number of para-hydroxylation sites is 2. The minimum Gasteiger partial charge on any atom is -0.477 e. The molecule has 0 spiro atoms. The number of carbonyl (C=O) groups is 2. The molecule has 18 heteroatoms. The van der Waals surface area contributed by atoms with Crippen LogP contribution in [0, 0.1) is 13.8 Å². The van der Waals surface area contributed by atoms with Gasteiger partial charge < -0.3 is 44.1 Å². The summed E-state index contributed by atoms with van der Waals surface area (Å²) in [7, 11) is 3.81. The molecule has 4 fully saturated rings. The standard InChI is InChI=1S/C28H33Cl2N5O.C18H22ClN3O2.C10H13ClN2.HI/c1-21-22(20-32-10-12-34(13-11-32)26-9-4-3-8-25(26)30)18-27(31(21)2)28(36)35-16-14-33(15-17-35)24-7-5-6-23(29)19-24;1-13-14(11-17(18(23)24)20(13)2)12-21-7-9-22(10-8-21)16-6-4-3-5-15(16)19;11-9-2-1-3-10(8-9)13-6-4-12-5-7-13;/h3-9,18-19H,10-17,20H2,1-2H3;3-6,11H,7-10,12H2,1-2H3,(H,23,24);1-3,8,12H,4-7H2;1H. The number of hydrogen-bond acceptors (Lipinski definition) is 9. The van der Waals surface area contributed by atoms with Crippen LogP contribution in [-0.4, -0.2) is 146 Å². The van der Waals surface area contributed by atoms with E-state index >= 15 is 0 Å². The number of rotatable bonds is 10. The van der Waals surface area contributed by atoms with Crippen LogP contribution >= 0.6 is 70.4 Å². The van der Waals surface area contributed by atoms with Crippen LogP contribution in [0.1, 0.15) is 43.5 Å². The highest BCUT2D eigenvalue weighted by molar-refractivity contribution is 14.0. The molecule has 396 valence electrons. The number of carboxylic acid groups (broad SMARTS) is 1. The number of carbonyl (C=O) groups excluding carboxylic acids is 1. The van der Waals surface area contributed by atoms with Crippen molar-refractivity contribution in [3.8, 4) is 0 Å². The number of halogens is 5. The van der Waals surface area contributed by atoms with Crippen molar-refractivity contribution in [2.45, 2.75) is 26.9 Å². The summed E-state index contributed by atoms with van der Waals surface area (Å²) in [6.45, 7) is 20.5. The van der Waals surface area contributed by atoms with Crippen molar-refractivity contribution < 1.29 is 14.7 Å². The summed E-state index contributed by atoms with van der Waals surface area (Å²) in [4.78, 5) is 40.8. The number of hydrogen-bond donors (Lipinski definition) is 2. The van der Waals surface area contributed by atoms with Gasteiger partial charge in [-0.3, -0.25) is 14.6 Å². The highest BCUT2D eigenvalue weighted by atomic mass is 127. The zero-order valence-corrected chi connectivity index (χ0v) is 48.2. The number of aromatic nitrogens is 2. The lowest BCUT2D eigenvalue weighted by Gasteiger charge is -2.36. The van der Waals surface area contributed by atoms with Gasteiger partial charge in [0.15, 0.2) is 0 Å². The largest absolute Gasteiger partial charge is 0.477 e. The van der Waals surface area contributed by atoms with E-state index in [1.54, 1.807) is 17.7 Å². The highest BCUT2D eigenvalue weighted by Crippen LogP contribution is 2.29. The van der Waals surface area contributed by atoms with Gasteiger partial charge in [0.25, 0.3) is 5.91 Å². The minimum absolute atomic E-state index is 0. The quantitative estimate of drug-likeness (QED) is 0.129. The summed E-state index contributed by atoms with van der Waals surface area (Å²) in [5, 5.41) is 15.7. The topological polar surface area (TPSA) is 98.9 Å². The maximum atomic E-state index is 13.4. The van der Waals surface area contributed by atoms with Crippen molar-refractivity contribution >= 4 is 105 Å². The summed E-state index contributed by atoms with van der Waals surface area (Å²) in [6.07, 6.45) is 0. The molecule has 0 saturated carbocycles. The summed E-state index contributed by atoms with van der Waals surface area (Å²) in [6, 6.07) is 35.8. The Morgan fingerprint density at radius 2 is 0.905 bits per heavy atom. The molecule has 4 aromatic carbocycles. The molecule has 6 heterocycles. The minimum atomic E-state index is -0.879. The Bertz CT molecular complexity index is 2810. The molecule has 2 N–H and O–H groups in total. The molecule has 0 aliphatic carbocycles. The Balaban J connectivity index is 0.000000180. The van der Waals surface area contributed by atoms with Gasteiger partial charge in [-0.1, -0.05) is 82.8 Å². The van der Waals surface area contributed by atoms with Gasteiger partial charge in [0, 0.05) is 165 Å². The summed E-state index contributed by atoms with van der Waals surface area (Å²) < 4.78 is 3.80. The van der Waals surface area contributed by atoms with E-state index in [0.29, 0.717) is 18.8 Å². The van der Waals surface area contributed by atoms with Crippen molar-refractivity contribution in [1.29, 1.82) is 0 Å². The molecule has 0 radical (unpaired) electrons. The second-order valence-electron chi connectivity index (χ2n) is 19.1. The van der Waals surface area contributed by atoms with Gasteiger partial charge in [-0.15, -0.1) is 24.0 Å². The van der Waals surface area contributed by atoms with Crippen LogP contribution in [0.15, 0.2) is 109 Å². The van der Waals surface area contributed by atoms with E-state index in [1.807, 2.05) is 91.7 Å². The van der Waals surface area contributed by atoms with E-state index in [9.17, 15) is 14.7 Å². The van der Waals surface area contributed by atoms with Crippen LogP contribution in [-0.2, 0) is 27.2 Å². The normalized spacial score (nSPS) is 16.5. The van der Waals surface area contributed by atoms with Crippen LogP contribution in [0.3, 0.4) is 0 Å². The Morgan fingerprint density at radius 1 is 0.500 bits per heavy atom. The van der Waals surface area contributed by atoms with E-state index in [-0.39, 0.29) is 29.9 Å². The summed E-state index contributed by atoms with van der Waals surface area (Å²) in [5.41, 5.74) is 10.1. The molecular weight excluding hydrogens is 1130 g/mol. The van der Waals surface area contributed by atoms with Crippen molar-refractivity contribution in [2.75, 3.05) is 124 Å². The monoisotopic (exact) mass is 1200 g/mol. The highest BCUT2D eigenvalue weighted by Gasteiger charge is 2.27. The number of amides is 1. The van der Waals surface area contributed by atoms with Gasteiger partial charge in [0.05, 0.1) is 21.4 Å². The van der Waals surface area contributed by atoms with Gasteiger partial charge in [0.2, 0.25) is 0 Å². The molecule has 2 aromatic heterocycles. The first kappa shape index (κ1) is 57.1. The van der Waals surface area contributed by atoms with E-state index < -0.39 is 5.97 Å². The Kier molecular flexibility index (Phi) is 20.7. The molecule has 4 aliphatic rings. The lowest BCUT2D eigenvalue weighted by molar-refractivity contribution is 0.0684. The zero-order chi connectivity index (χ0) is 51.6. The number of aromatic carboxylic acids is 1. The predicted octanol–water partition coefficient (Wildman–Crippen LogP) is 10.3. The first-order valence-electron chi connectivity index (χ1n) is 25.2. The average Bonchev–Trinajstić information content (AvgIpc) is 3.85. The lowest BCUT2D eigenvalue weighted by atomic mass is 10.2. The fourth-order valence-electron chi connectivity index (χ4n) is 10.0.